The first-order chi connectivity index (χ1) is 8.76. The van der Waals surface area contributed by atoms with Crippen LogP contribution >= 0.6 is 0 Å². The number of methoxy groups -OCH3 is 1. The highest BCUT2D eigenvalue weighted by Gasteiger charge is 2.02. The molecule has 18 heavy (non-hydrogen) atoms. The Labute approximate surface area is 110 Å². The molecule has 1 unspecified atom stereocenters. The van der Waals surface area contributed by atoms with Crippen molar-refractivity contribution < 1.29 is 9.47 Å². The minimum atomic E-state index is 0.240. The van der Waals surface area contributed by atoms with Gasteiger partial charge in [-0.1, -0.05) is 25.5 Å². The van der Waals surface area contributed by atoms with Crippen LogP contribution in [0.3, 0.4) is 0 Å². The lowest BCUT2D eigenvalue weighted by Gasteiger charge is -2.14. The zero-order chi connectivity index (χ0) is 13.2. The average molecular weight is 251 g/mol. The Kier molecular flexibility index (Phi) is 7.46. The largest absolute Gasteiger partial charge is 0.497 e. The van der Waals surface area contributed by atoms with Crippen molar-refractivity contribution in [2.45, 2.75) is 39.4 Å². The van der Waals surface area contributed by atoms with Gasteiger partial charge in [0.05, 0.1) is 19.8 Å². The maximum atomic E-state index is 5.78. The van der Waals surface area contributed by atoms with Gasteiger partial charge in [-0.05, 0) is 37.6 Å². The summed E-state index contributed by atoms with van der Waals surface area (Å²) in [7, 11) is 1.68. The van der Waals surface area contributed by atoms with Gasteiger partial charge in [-0.25, -0.2) is 0 Å². The maximum absolute atomic E-state index is 5.78. The molecule has 0 aliphatic rings. The molecule has 0 bridgehead atoms. The van der Waals surface area contributed by atoms with Crippen molar-refractivity contribution in [1.82, 2.24) is 5.32 Å². The molecule has 1 aromatic carbocycles. The molecular formula is C15H25NO2. The van der Waals surface area contributed by atoms with Crippen molar-refractivity contribution in [2.75, 3.05) is 20.2 Å². The molecule has 0 fully saturated rings. The van der Waals surface area contributed by atoms with Crippen molar-refractivity contribution in [2.24, 2.45) is 0 Å². The predicted octanol–water partition coefficient (Wildman–Crippen LogP) is 2.99. The Morgan fingerprint density at radius 3 is 2.56 bits per heavy atom. The van der Waals surface area contributed by atoms with E-state index in [0.29, 0.717) is 6.61 Å². The van der Waals surface area contributed by atoms with E-state index in [1.54, 1.807) is 7.11 Å². The third kappa shape index (κ3) is 6.03. The van der Waals surface area contributed by atoms with Crippen LogP contribution in [0.25, 0.3) is 0 Å². The van der Waals surface area contributed by atoms with Crippen LogP contribution in [-0.4, -0.2) is 26.3 Å². The van der Waals surface area contributed by atoms with Crippen molar-refractivity contribution in [1.29, 1.82) is 0 Å². The summed E-state index contributed by atoms with van der Waals surface area (Å²) >= 11 is 0. The normalized spacial score (nSPS) is 12.4. The monoisotopic (exact) mass is 251 g/mol. The van der Waals surface area contributed by atoms with Gasteiger partial charge in [0.25, 0.3) is 0 Å². The highest BCUT2D eigenvalue weighted by atomic mass is 16.5. The summed E-state index contributed by atoms with van der Waals surface area (Å²) in [5.74, 6) is 0.882. The molecule has 0 saturated carbocycles. The van der Waals surface area contributed by atoms with E-state index >= 15 is 0 Å². The van der Waals surface area contributed by atoms with Crippen molar-refractivity contribution >= 4 is 0 Å². The van der Waals surface area contributed by atoms with Crippen LogP contribution in [0, 0.1) is 0 Å². The molecule has 0 aliphatic carbocycles. The molecule has 0 aliphatic heterocycles. The van der Waals surface area contributed by atoms with E-state index < -0.39 is 0 Å². The number of unbranched alkanes of at least 4 members (excludes halogenated alkanes) is 1. The number of rotatable bonds is 9. The fraction of sp³-hybridized carbons (Fsp3) is 0.600. The van der Waals surface area contributed by atoms with Gasteiger partial charge in [0.2, 0.25) is 0 Å². The van der Waals surface area contributed by atoms with E-state index in [0.717, 1.165) is 18.8 Å². The Morgan fingerprint density at radius 2 is 1.94 bits per heavy atom. The lowest BCUT2D eigenvalue weighted by Crippen LogP contribution is -2.27. The summed E-state index contributed by atoms with van der Waals surface area (Å²) < 4.78 is 10.9. The van der Waals surface area contributed by atoms with Crippen LogP contribution in [0.4, 0.5) is 0 Å². The van der Waals surface area contributed by atoms with Gasteiger partial charge in [-0.15, -0.1) is 0 Å². The first-order valence-corrected chi connectivity index (χ1v) is 6.71. The smallest absolute Gasteiger partial charge is 0.118 e. The van der Waals surface area contributed by atoms with Gasteiger partial charge in [-0.3, -0.25) is 0 Å². The van der Waals surface area contributed by atoms with E-state index in [2.05, 4.69) is 19.2 Å². The van der Waals surface area contributed by atoms with Gasteiger partial charge in [0.15, 0.2) is 0 Å². The molecule has 1 rings (SSSR count). The quantitative estimate of drug-likeness (QED) is 0.684. The fourth-order valence-electron chi connectivity index (χ4n) is 1.63. The summed E-state index contributed by atoms with van der Waals surface area (Å²) in [5.41, 5.74) is 1.18. The molecule has 0 radical (unpaired) electrons. The lowest BCUT2D eigenvalue weighted by molar-refractivity contribution is 0.0533. The summed E-state index contributed by atoms with van der Waals surface area (Å²) in [6, 6.07) is 8.00. The molecule has 1 atom stereocenters. The van der Waals surface area contributed by atoms with E-state index in [9.17, 15) is 0 Å². The van der Waals surface area contributed by atoms with Crippen LogP contribution < -0.4 is 10.1 Å². The van der Waals surface area contributed by atoms with Crippen LogP contribution in [0.15, 0.2) is 24.3 Å². The number of hydrogen-bond donors (Lipinski definition) is 1. The van der Waals surface area contributed by atoms with Crippen molar-refractivity contribution in [3.8, 4) is 5.75 Å². The second kappa shape index (κ2) is 8.95. The first kappa shape index (κ1) is 15.0. The van der Waals surface area contributed by atoms with Gasteiger partial charge in [0.1, 0.15) is 5.75 Å². The third-order valence-electron chi connectivity index (χ3n) is 2.83. The Hall–Kier alpha value is -1.06. The molecule has 1 aromatic rings. The number of benzene rings is 1. The van der Waals surface area contributed by atoms with Gasteiger partial charge in [0, 0.05) is 6.54 Å². The second-order valence-corrected chi connectivity index (χ2v) is 4.53. The number of nitrogens with one attached hydrogen (secondary N) is 1. The zero-order valence-electron chi connectivity index (χ0n) is 11.7. The molecule has 3 heteroatoms. The highest BCUT2D eigenvalue weighted by molar-refractivity contribution is 5.26. The standard InChI is InChI=1S/C15H25NO2/c1-4-5-10-16-11-13(2)18-12-14-6-8-15(17-3)9-7-14/h6-9,13,16H,4-5,10-12H2,1-3H3. The van der Waals surface area contributed by atoms with Crippen LogP contribution in [0.1, 0.15) is 32.3 Å². The molecule has 0 amide bonds. The second-order valence-electron chi connectivity index (χ2n) is 4.53. The van der Waals surface area contributed by atoms with Crippen molar-refractivity contribution in [3.63, 3.8) is 0 Å². The Bertz CT molecular complexity index is 311. The molecule has 0 aromatic heterocycles. The lowest BCUT2D eigenvalue weighted by atomic mass is 10.2. The first-order valence-electron chi connectivity index (χ1n) is 6.71. The van der Waals surface area contributed by atoms with Crippen LogP contribution in [0.5, 0.6) is 5.75 Å². The van der Waals surface area contributed by atoms with Gasteiger partial charge >= 0.3 is 0 Å². The zero-order valence-corrected chi connectivity index (χ0v) is 11.7. The summed E-state index contributed by atoms with van der Waals surface area (Å²) in [6.07, 6.45) is 2.70. The summed E-state index contributed by atoms with van der Waals surface area (Å²) in [6.45, 7) is 6.94. The summed E-state index contributed by atoms with van der Waals surface area (Å²) in [5, 5.41) is 3.40. The predicted molar refractivity (Wildman–Crippen MR) is 75.0 cm³/mol. The van der Waals surface area contributed by atoms with Gasteiger partial charge in [-0.2, -0.15) is 0 Å². The van der Waals surface area contributed by atoms with Crippen LogP contribution in [0.2, 0.25) is 0 Å². The maximum Gasteiger partial charge on any atom is 0.118 e. The number of ether oxygens (including phenoxy) is 2. The van der Waals surface area contributed by atoms with E-state index in [4.69, 9.17) is 9.47 Å². The SMILES string of the molecule is CCCCNCC(C)OCc1ccc(OC)cc1. The van der Waals surface area contributed by atoms with Gasteiger partial charge < -0.3 is 14.8 Å². The Morgan fingerprint density at radius 1 is 1.22 bits per heavy atom. The van der Waals surface area contributed by atoms with E-state index in [-0.39, 0.29) is 6.10 Å². The van der Waals surface area contributed by atoms with E-state index in [1.165, 1.54) is 18.4 Å². The molecule has 0 heterocycles. The highest BCUT2D eigenvalue weighted by Crippen LogP contribution is 2.12. The molecule has 3 nitrogen and oxygen atoms in total. The van der Waals surface area contributed by atoms with Crippen molar-refractivity contribution in [3.05, 3.63) is 29.8 Å². The average Bonchev–Trinajstić information content (AvgIpc) is 2.42. The summed E-state index contributed by atoms with van der Waals surface area (Å²) in [4.78, 5) is 0. The Balaban J connectivity index is 2.18. The molecule has 1 N–H and O–H groups in total. The third-order valence-corrected chi connectivity index (χ3v) is 2.83. The minimum absolute atomic E-state index is 0.240. The number of hydrogen-bond acceptors (Lipinski definition) is 3. The topological polar surface area (TPSA) is 30.5 Å². The molecule has 0 saturated heterocycles. The minimum Gasteiger partial charge on any atom is -0.497 e. The molecule has 0 spiro atoms. The van der Waals surface area contributed by atoms with Crippen LogP contribution in [-0.2, 0) is 11.3 Å². The molecular weight excluding hydrogens is 226 g/mol. The van der Waals surface area contributed by atoms with E-state index in [1.807, 2.05) is 24.3 Å². The molecule has 102 valence electrons. The fourth-order valence-corrected chi connectivity index (χ4v) is 1.63.